The maximum absolute atomic E-state index is 12.7. The zero-order chi connectivity index (χ0) is 17.9. The molecule has 1 amide bonds. The zero-order valence-electron chi connectivity index (χ0n) is 13.6. The molecule has 2 rings (SSSR count). The number of aromatic carboxylic acids is 1. The second kappa shape index (κ2) is 7.60. The monoisotopic (exact) mass is 375 g/mol. The third kappa shape index (κ3) is 4.12. The fourth-order valence-corrected chi connectivity index (χ4v) is 5.37. The van der Waals surface area contributed by atoms with Crippen LogP contribution >= 0.6 is 11.3 Å². The zero-order valence-corrected chi connectivity index (χ0v) is 15.2. The largest absolute Gasteiger partial charge is 0.477 e. The van der Waals surface area contributed by atoms with E-state index in [0.717, 1.165) is 11.3 Å². The lowest BCUT2D eigenvalue weighted by molar-refractivity contribution is -0.122. The number of likely N-dealkylation sites (N-methyl/N-ethyl adjacent to an activating group) is 1. The first kappa shape index (κ1) is 18.8. The van der Waals surface area contributed by atoms with E-state index in [2.05, 4.69) is 5.32 Å². The number of sulfonamides is 1. The van der Waals surface area contributed by atoms with Crippen LogP contribution in [0.2, 0.25) is 0 Å². The molecule has 0 aromatic carbocycles. The number of nitrogens with zero attached hydrogens (tertiary/aromatic N) is 2. The molecule has 134 valence electrons. The summed E-state index contributed by atoms with van der Waals surface area (Å²) in [4.78, 5) is 25.1. The van der Waals surface area contributed by atoms with Gasteiger partial charge in [0.05, 0.1) is 11.4 Å². The Morgan fingerprint density at radius 3 is 2.42 bits per heavy atom. The molecule has 1 aliphatic heterocycles. The third-order valence-corrected chi connectivity index (χ3v) is 6.97. The summed E-state index contributed by atoms with van der Waals surface area (Å²) in [5.74, 6) is -1.20. The fraction of sp³-hybridized carbons (Fsp3) is 0.571. The van der Waals surface area contributed by atoms with Gasteiger partial charge in [0.25, 0.3) is 0 Å². The van der Waals surface area contributed by atoms with Gasteiger partial charge in [-0.05, 0) is 19.9 Å². The molecular weight excluding hydrogens is 354 g/mol. The number of carbonyl (C=O) groups excluding carboxylic acids is 1. The van der Waals surface area contributed by atoms with Crippen LogP contribution in [0, 0.1) is 6.92 Å². The Bertz CT molecular complexity index is 721. The Labute approximate surface area is 145 Å². The number of carboxylic acid groups (broad SMARTS) is 1. The first-order chi connectivity index (χ1) is 11.3. The molecule has 0 spiro atoms. The lowest BCUT2D eigenvalue weighted by atomic mass is 10.3. The molecule has 1 saturated heterocycles. The van der Waals surface area contributed by atoms with Gasteiger partial charge in [0.2, 0.25) is 15.9 Å². The Balaban J connectivity index is 2.05. The quantitative estimate of drug-likeness (QED) is 0.735. The number of hydrogen-bond donors (Lipinski definition) is 2. The van der Waals surface area contributed by atoms with Crippen LogP contribution in [0.25, 0.3) is 0 Å². The lowest BCUT2D eigenvalue weighted by Gasteiger charge is -2.33. The van der Waals surface area contributed by atoms with Crippen molar-refractivity contribution in [2.75, 3.05) is 39.3 Å². The normalized spacial score (nSPS) is 16.9. The predicted molar refractivity (Wildman–Crippen MR) is 89.9 cm³/mol. The maximum atomic E-state index is 12.7. The number of amides is 1. The number of hydrogen-bond acceptors (Lipinski definition) is 6. The molecule has 1 aliphatic rings. The van der Waals surface area contributed by atoms with Crippen molar-refractivity contribution in [1.29, 1.82) is 0 Å². The Hall–Kier alpha value is -1.49. The average molecular weight is 375 g/mol. The molecular formula is C14H21N3O5S2. The molecule has 1 fully saturated rings. The predicted octanol–water partition coefficient (Wildman–Crippen LogP) is 0.197. The van der Waals surface area contributed by atoms with Gasteiger partial charge >= 0.3 is 5.97 Å². The van der Waals surface area contributed by atoms with E-state index in [9.17, 15) is 18.0 Å². The molecule has 0 radical (unpaired) electrons. The van der Waals surface area contributed by atoms with Crippen LogP contribution in [-0.4, -0.2) is 73.9 Å². The van der Waals surface area contributed by atoms with Gasteiger partial charge in [0, 0.05) is 37.6 Å². The molecule has 10 heteroatoms. The Kier molecular flexibility index (Phi) is 5.97. The van der Waals surface area contributed by atoms with Crippen molar-refractivity contribution in [2.24, 2.45) is 0 Å². The van der Waals surface area contributed by atoms with Gasteiger partial charge in [0.15, 0.2) is 0 Å². The second-order valence-corrected chi connectivity index (χ2v) is 8.63. The molecule has 1 aromatic rings. The number of thiophene rings is 1. The van der Waals surface area contributed by atoms with E-state index in [4.69, 9.17) is 5.11 Å². The van der Waals surface area contributed by atoms with Crippen molar-refractivity contribution in [3.63, 3.8) is 0 Å². The second-order valence-electron chi connectivity index (χ2n) is 5.47. The number of carboxylic acids is 1. The van der Waals surface area contributed by atoms with Gasteiger partial charge in [-0.15, -0.1) is 11.3 Å². The minimum Gasteiger partial charge on any atom is -0.477 e. The summed E-state index contributed by atoms with van der Waals surface area (Å²) in [5, 5.41) is 11.7. The lowest BCUT2D eigenvalue weighted by Crippen LogP contribution is -2.51. The molecule has 2 N–H and O–H groups in total. The molecule has 0 saturated carbocycles. The molecule has 24 heavy (non-hydrogen) atoms. The number of piperazine rings is 1. The van der Waals surface area contributed by atoms with Gasteiger partial charge < -0.3 is 10.4 Å². The number of nitrogens with one attached hydrogen (secondary N) is 1. The number of carbonyl (C=O) groups is 2. The van der Waals surface area contributed by atoms with Gasteiger partial charge in [0.1, 0.15) is 4.88 Å². The highest BCUT2D eigenvalue weighted by Crippen LogP contribution is 2.28. The first-order valence-corrected chi connectivity index (χ1v) is 9.84. The van der Waals surface area contributed by atoms with E-state index < -0.39 is 16.0 Å². The van der Waals surface area contributed by atoms with E-state index in [1.165, 1.54) is 10.4 Å². The van der Waals surface area contributed by atoms with E-state index in [-0.39, 0.29) is 35.3 Å². The number of rotatable bonds is 6. The minimum atomic E-state index is -3.71. The topological polar surface area (TPSA) is 107 Å². The summed E-state index contributed by atoms with van der Waals surface area (Å²) in [7, 11) is -3.71. The van der Waals surface area contributed by atoms with Crippen LogP contribution in [0.1, 0.15) is 21.5 Å². The first-order valence-electron chi connectivity index (χ1n) is 7.58. The SMILES string of the molecule is CCNC(=O)CN1CCN(S(=O)(=O)c2cc(C(=O)O)sc2C)CC1. The standard InChI is InChI=1S/C14H21N3O5S2/c1-3-15-13(18)9-16-4-6-17(7-5-16)24(21,22)12-8-11(14(19)20)23-10(12)2/h8H,3-7,9H2,1-2H3,(H,15,18)(H,19,20). The minimum absolute atomic E-state index is 0.0148. The van der Waals surface area contributed by atoms with E-state index in [0.29, 0.717) is 24.5 Å². The summed E-state index contributed by atoms with van der Waals surface area (Å²) in [5.41, 5.74) is 0. The van der Waals surface area contributed by atoms with Crippen LogP contribution < -0.4 is 5.32 Å². The summed E-state index contributed by atoms with van der Waals surface area (Å²) < 4.78 is 26.8. The van der Waals surface area contributed by atoms with Crippen molar-refractivity contribution in [1.82, 2.24) is 14.5 Å². The molecule has 2 heterocycles. The molecule has 0 atom stereocenters. The van der Waals surface area contributed by atoms with Crippen molar-refractivity contribution in [2.45, 2.75) is 18.7 Å². The van der Waals surface area contributed by atoms with Gasteiger partial charge in [-0.1, -0.05) is 0 Å². The van der Waals surface area contributed by atoms with Crippen molar-refractivity contribution in [3.05, 3.63) is 15.8 Å². The van der Waals surface area contributed by atoms with Crippen LogP contribution in [-0.2, 0) is 14.8 Å². The van der Waals surface area contributed by atoms with Crippen LogP contribution in [0.5, 0.6) is 0 Å². The molecule has 0 unspecified atom stereocenters. The maximum Gasteiger partial charge on any atom is 0.345 e. The molecule has 0 aliphatic carbocycles. The highest BCUT2D eigenvalue weighted by molar-refractivity contribution is 7.89. The smallest absolute Gasteiger partial charge is 0.345 e. The third-order valence-electron chi connectivity index (χ3n) is 3.77. The summed E-state index contributed by atoms with van der Waals surface area (Å²) >= 11 is 0.959. The van der Waals surface area contributed by atoms with Gasteiger partial charge in [-0.3, -0.25) is 9.69 Å². The highest BCUT2D eigenvalue weighted by Gasteiger charge is 2.31. The van der Waals surface area contributed by atoms with Crippen molar-refractivity contribution < 1.29 is 23.1 Å². The molecule has 1 aromatic heterocycles. The summed E-state index contributed by atoms with van der Waals surface area (Å²) in [6.45, 7) is 5.75. The van der Waals surface area contributed by atoms with Crippen molar-refractivity contribution in [3.8, 4) is 0 Å². The van der Waals surface area contributed by atoms with E-state index in [1.54, 1.807) is 6.92 Å². The van der Waals surface area contributed by atoms with E-state index in [1.807, 2.05) is 11.8 Å². The van der Waals surface area contributed by atoms with Crippen molar-refractivity contribution >= 4 is 33.2 Å². The summed E-state index contributed by atoms with van der Waals surface area (Å²) in [6, 6.07) is 1.22. The Morgan fingerprint density at radius 2 is 1.92 bits per heavy atom. The van der Waals surface area contributed by atoms with Crippen LogP contribution in [0.3, 0.4) is 0 Å². The molecule has 8 nitrogen and oxygen atoms in total. The summed E-state index contributed by atoms with van der Waals surface area (Å²) in [6.07, 6.45) is 0. The molecule has 0 bridgehead atoms. The number of aryl methyl sites for hydroxylation is 1. The fourth-order valence-electron chi connectivity index (χ4n) is 2.55. The van der Waals surface area contributed by atoms with Gasteiger partial charge in [-0.25, -0.2) is 13.2 Å². The van der Waals surface area contributed by atoms with E-state index >= 15 is 0 Å². The van der Waals surface area contributed by atoms with Crippen LogP contribution in [0.15, 0.2) is 11.0 Å². The van der Waals surface area contributed by atoms with Gasteiger partial charge in [-0.2, -0.15) is 4.31 Å². The highest BCUT2D eigenvalue weighted by atomic mass is 32.2. The van der Waals surface area contributed by atoms with Crippen LogP contribution in [0.4, 0.5) is 0 Å². The average Bonchev–Trinajstić information content (AvgIpc) is 2.91. The Morgan fingerprint density at radius 1 is 1.29 bits per heavy atom.